The van der Waals surface area contributed by atoms with Gasteiger partial charge in [-0.15, -0.1) is 0 Å². The number of aromatic nitrogens is 3. The van der Waals surface area contributed by atoms with Crippen LogP contribution in [0.2, 0.25) is 0 Å². The molecule has 0 fully saturated rings. The molecule has 0 amide bonds. The van der Waals surface area contributed by atoms with E-state index in [0.717, 1.165) is 6.20 Å². The molecule has 0 atom stereocenters. The summed E-state index contributed by atoms with van der Waals surface area (Å²) in [6, 6.07) is 0.926. The van der Waals surface area contributed by atoms with Crippen molar-refractivity contribution >= 4 is 11.2 Å². The zero-order valence-electron chi connectivity index (χ0n) is 15.1. The molecule has 2 aromatic heterocycles. The molecule has 1 radical (unpaired) electrons. The number of nitrogens with zero attached hydrogens (tertiary/aromatic N) is 3. The van der Waals surface area contributed by atoms with Gasteiger partial charge in [0.1, 0.15) is 23.6 Å². The van der Waals surface area contributed by atoms with Gasteiger partial charge in [0.05, 0.1) is 17.3 Å². The lowest BCUT2D eigenvalue weighted by Gasteiger charge is -2.28. The fourth-order valence-corrected chi connectivity index (χ4v) is 2.80. The molecule has 0 aliphatic heterocycles. The van der Waals surface area contributed by atoms with E-state index in [1.54, 1.807) is 6.92 Å². The quantitative estimate of drug-likeness (QED) is 0.286. The second kappa shape index (κ2) is 6.44. The molecule has 1 aromatic carbocycles. The largest absolute Gasteiger partial charge is 0.710 e. The summed E-state index contributed by atoms with van der Waals surface area (Å²) in [7, 11) is 0. The molecule has 0 aliphatic rings. The predicted octanol–water partition coefficient (Wildman–Crippen LogP) is 4.48. The van der Waals surface area contributed by atoms with Crippen molar-refractivity contribution in [1.82, 2.24) is 9.97 Å². The first kappa shape index (κ1) is 19.0. The van der Waals surface area contributed by atoms with Crippen molar-refractivity contribution in [2.24, 2.45) is 5.41 Å². The van der Waals surface area contributed by atoms with Gasteiger partial charge in [-0.3, -0.25) is 0 Å². The summed E-state index contributed by atoms with van der Waals surface area (Å²) >= 11 is 0. The topological polar surface area (TPSA) is 52.7 Å². The van der Waals surface area contributed by atoms with E-state index in [1.165, 1.54) is 6.20 Å². The highest BCUT2D eigenvalue weighted by Gasteiger charge is 2.35. The van der Waals surface area contributed by atoms with Crippen molar-refractivity contribution < 1.29 is 22.3 Å². The van der Waals surface area contributed by atoms with Crippen molar-refractivity contribution in [1.29, 1.82) is 0 Å². The highest BCUT2D eigenvalue weighted by Crippen LogP contribution is 2.43. The third kappa shape index (κ3) is 3.20. The van der Waals surface area contributed by atoms with Gasteiger partial charge in [0, 0.05) is 23.6 Å². The van der Waals surface area contributed by atoms with Gasteiger partial charge in [0.2, 0.25) is 0 Å². The van der Waals surface area contributed by atoms with Gasteiger partial charge in [-0.2, -0.15) is 4.39 Å². The first-order valence-electron chi connectivity index (χ1n) is 8.09. The zero-order chi connectivity index (χ0) is 20.1. The predicted molar refractivity (Wildman–Crippen MR) is 91.2 cm³/mol. The van der Waals surface area contributed by atoms with Gasteiger partial charge in [-0.05, 0) is 10.4 Å². The summed E-state index contributed by atoms with van der Waals surface area (Å²) in [6.45, 7) is 7.12. The molecule has 4 nitrogen and oxygen atoms in total. The molecule has 0 bridgehead atoms. The summed E-state index contributed by atoms with van der Waals surface area (Å²) in [5.74, 6) is -4.40. The minimum atomic E-state index is -1.28. The van der Waals surface area contributed by atoms with Crippen molar-refractivity contribution in [3.8, 4) is 11.1 Å². The number of halogens is 4. The number of fused-ring (bicyclic) bond motifs is 1. The molecule has 3 aromatic rings. The summed E-state index contributed by atoms with van der Waals surface area (Å²) in [6.07, 6.45) is 2.24. The van der Waals surface area contributed by atoms with Crippen LogP contribution in [0, 0.1) is 39.9 Å². The molecule has 0 N–H and O–H groups in total. The Balaban J connectivity index is 2.52. The lowest BCUT2D eigenvalue weighted by molar-refractivity contribution is -0.579. The molecule has 0 saturated heterocycles. The van der Waals surface area contributed by atoms with Crippen LogP contribution in [0.4, 0.5) is 17.6 Å². The molecular formula is C19H16F4N3O. The Bertz CT molecular complexity index is 1020. The number of benzene rings is 1. The monoisotopic (exact) mass is 378 g/mol. The second-order valence-corrected chi connectivity index (χ2v) is 7.20. The molecule has 27 heavy (non-hydrogen) atoms. The van der Waals surface area contributed by atoms with Gasteiger partial charge >= 0.3 is 11.6 Å². The van der Waals surface area contributed by atoms with Gasteiger partial charge < -0.3 is 5.21 Å². The third-order valence-electron chi connectivity index (χ3n) is 4.48. The van der Waals surface area contributed by atoms with Gasteiger partial charge in [-0.1, -0.05) is 27.7 Å². The maximum atomic E-state index is 14.9. The number of hydrogen-bond donors (Lipinski definition) is 0. The van der Waals surface area contributed by atoms with Gasteiger partial charge in [0.25, 0.3) is 0 Å². The molecule has 2 heterocycles. The SMILES string of the molecule is C[C](c1c(-c2c(F)cc(F)cc2F)c(F)nc2c1ncc[n+]2[O-])C(C)(C)C. The van der Waals surface area contributed by atoms with E-state index >= 15 is 0 Å². The first-order valence-corrected chi connectivity index (χ1v) is 8.09. The maximum absolute atomic E-state index is 14.9. The van der Waals surface area contributed by atoms with Crippen LogP contribution in [0.5, 0.6) is 0 Å². The van der Waals surface area contributed by atoms with E-state index in [-0.39, 0.29) is 16.7 Å². The van der Waals surface area contributed by atoms with Gasteiger partial charge in [-0.25, -0.2) is 22.9 Å². The Labute approximate surface area is 153 Å². The van der Waals surface area contributed by atoms with Crippen LogP contribution in [0.3, 0.4) is 0 Å². The fraction of sp³-hybridized carbons (Fsp3) is 0.263. The number of pyridine rings is 1. The molecule has 0 aliphatic carbocycles. The highest BCUT2D eigenvalue weighted by atomic mass is 19.1. The van der Waals surface area contributed by atoms with E-state index in [2.05, 4.69) is 9.97 Å². The molecule has 8 heteroatoms. The highest BCUT2D eigenvalue weighted by molar-refractivity contribution is 5.85. The van der Waals surface area contributed by atoms with E-state index in [4.69, 9.17) is 0 Å². The maximum Gasteiger partial charge on any atom is 0.355 e. The van der Waals surface area contributed by atoms with Crippen molar-refractivity contribution in [3.63, 3.8) is 0 Å². The normalized spacial score (nSPS) is 12.2. The van der Waals surface area contributed by atoms with Crippen LogP contribution < -0.4 is 4.73 Å². The van der Waals surface area contributed by atoms with Crippen LogP contribution in [-0.2, 0) is 0 Å². The molecule has 0 saturated carbocycles. The van der Waals surface area contributed by atoms with Crippen LogP contribution in [0.25, 0.3) is 22.3 Å². The summed E-state index contributed by atoms with van der Waals surface area (Å²) in [4.78, 5) is 7.65. The second-order valence-electron chi connectivity index (χ2n) is 7.20. The Morgan fingerprint density at radius 3 is 2.19 bits per heavy atom. The first-order chi connectivity index (χ1) is 12.5. The average Bonchev–Trinajstić information content (AvgIpc) is 2.54. The van der Waals surface area contributed by atoms with E-state index in [1.807, 2.05) is 20.8 Å². The van der Waals surface area contributed by atoms with Crippen molar-refractivity contribution in [2.45, 2.75) is 27.7 Å². The van der Waals surface area contributed by atoms with Crippen molar-refractivity contribution in [2.75, 3.05) is 0 Å². The van der Waals surface area contributed by atoms with E-state index < -0.39 is 39.9 Å². The number of hydrogen-bond acceptors (Lipinski definition) is 3. The minimum Gasteiger partial charge on any atom is -0.710 e. The van der Waals surface area contributed by atoms with E-state index in [9.17, 15) is 22.8 Å². The van der Waals surface area contributed by atoms with Crippen LogP contribution in [-0.4, -0.2) is 9.97 Å². The lowest BCUT2D eigenvalue weighted by atomic mass is 9.75. The Hall–Kier alpha value is -2.77. The van der Waals surface area contributed by atoms with Crippen LogP contribution >= 0.6 is 0 Å². The Morgan fingerprint density at radius 1 is 1.04 bits per heavy atom. The summed E-state index contributed by atoms with van der Waals surface area (Å²) < 4.78 is 57.4. The standard InChI is InChI=1S/C19H16F4N3O/c1-9(19(2,3)4)13-15(14-11(21)7-10(20)8-12(14)22)17(23)25-18-16(13)24-5-6-26(18)27/h5-8H,1-4H3. The van der Waals surface area contributed by atoms with Gasteiger partial charge in [0.15, 0.2) is 5.52 Å². The average molecular weight is 378 g/mol. The Kier molecular flexibility index (Phi) is 4.53. The molecule has 0 unspecified atom stereocenters. The molecule has 0 spiro atoms. The minimum absolute atomic E-state index is 0.000509. The smallest absolute Gasteiger partial charge is 0.355 e. The summed E-state index contributed by atoms with van der Waals surface area (Å²) in [5, 5.41) is 12.0. The summed E-state index contributed by atoms with van der Waals surface area (Å²) in [5.41, 5.74) is -2.07. The van der Waals surface area contributed by atoms with Crippen LogP contribution in [0.15, 0.2) is 24.5 Å². The zero-order valence-corrected chi connectivity index (χ0v) is 15.1. The number of rotatable bonds is 2. The van der Waals surface area contributed by atoms with Crippen LogP contribution in [0.1, 0.15) is 33.3 Å². The fourth-order valence-electron chi connectivity index (χ4n) is 2.80. The molecular weight excluding hydrogens is 362 g/mol. The molecule has 141 valence electrons. The van der Waals surface area contributed by atoms with E-state index in [0.29, 0.717) is 22.8 Å². The lowest BCUT2D eigenvalue weighted by Crippen LogP contribution is -2.29. The van der Waals surface area contributed by atoms with Crippen molar-refractivity contribution in [3.05, 3.63) is 64.6 Å². The Morgan fingerprint density at radius 2 is 1.63 bits per heavy atom. The third-order valence-corrected chi connectivity index (χ3v) is 4.48. The molecule has 3 rings (SSSR count).